The van der Waals surface area contributed by atoms with E-state index in [0.29, 0.717) is 29.8 Å². The lowest BCUT2D eigenvalue weighted by Gasteiger charge is -2.31. The maximum absolute atomic E-state index is 13.3. The number of nitrogens with zero attached hydrogens (tertiary/aromatic N) is 1. The summed E-state index contributed by atoms with van der Waals surface area (Å²) >= 11 is 1.51. The quantitative estimate of drug-likeness (QED) is 0.264. The second-order valence-electron chi connectivity index (χ2n) is 7.86. The summed E-state index contributed by atoms with van der Waals surface area (Å²) in [6.07, 6.45) is 3.65. The fourth-order valence-electron chi connectivity index (χ4n) is 4.55. The molecular formula is C21H28N4O4S. The first-order chi connectivity index (χ1) is 14.3. The highest BCUT2D eigenvalue weighted by atomic mass is 32.2. The number of carbonyl (C=O) groups excluding carboxylic acids is 2. The van der Waals surface area contributed by atoms with Crippen LogP contribution in [0.25, 0.3) is 0 Å². The van der Waals surface area contributed by atoms with Crippen LogP contribution in [0.4, 0.5) is 0 Å². The van der Waals surface area contributed by atoms with E-state index in [0.717, 1.165) is 6.42 Å². The summed E-state index contributed by atoms with van der Waals surface area (Å²) in [4.78, 5) is 40.2. The number of amides is 2. The number of imide groups is 1. The van der Waals surface area contributed by atoms with E-state index in [4.69, 9.17) is 11.1 Å². The molecule has 4 atom stereocenters. The molecule has 2 heterocycles. The second-order valence-corrected chi connectivity index (χ2v) is 8.85. The van der Waals surface area contributed by atoms with Gasteiger partial charge in [0.1, 0.15) is 11.4 Å². The zero-order chi connectivity index (χ0) is 22.1. The van der Waals surface area contributed by atoms with Gasteiger partial charge < -0.3 is 10.8 Å². The number of fused-ring (bicyclic) bond motifs is 1. The van der Waals surface area contributed by atoms with Crippen LogP contribution in [-0.4, -0.2) is 57.7 Å². The Hall–Kier alpha value is -2.39. The van der Waals surface area contributed by atoms with Gasteiger partial charge in [-0.25, -0.2) is 0 Å². The lowest BCUT2D eigenvalue weighted by Crippen LogP contribution is -2.56. The van der Waals surface area contributed by atoms with Crippen molar-refractivity contribution in [2.45, 2.75) is 37.8 Å². The van der Waals surface area contributed by atoms with Gasteiger partial charge in [0.05, 0.1) is 11.8 Å². The van der Waals surface area contributed by atoms with Crippen molar-refractivity contribution in [2.75, 3.05) is 18.6 Å². The Morgan fingerprint density at radius 1 is 1.30 bits per heavy atom. The summed E-state index contributed by atoms with van der Waals surface area (Å²) < 4.78 is 0. The molecule has 0 bridgehead atoms. The van der Waals surface area contributed by atoms with Gasteiger partial charge in [-0.05, 0) is 30.4 Å². The molecule has 0 radical (unpaired) electrons. The number of benzene rings is 1. The van der Waals surface area contributed by atoms with Crippen LogP contribution in [0.15, 0.2) is 24.3 Å². The number of rotatable bonds is 9. The maximum atomic E-state index is 13.3. The van der Waals surface area contributed by atoms with Gasteiger partial charge in [-0.15, -0.1) is 0 Å². The minimum Gasteiger partial charge on any atom is -0.480 e. The number of carboxylic acid groups (broad SMARTS) is 1. The largest absolute Gasteiger partial charge is 0.480 e. The van der Waals surface area contributed by atoms with Crippen molar-refractivity contribution in [3.8, 4) is 0 Å². The van der Waals surface area contributed by atoms with Crippen LogP contribution in [0.1, 0.15) is 43.4 Å². The van der Waals surface area contributed by atoms with E-state index in [9.17, 15) is 19.5 Å². The normalized spacial score (nSPS) is 28.1. The van der Waals surface area contributed by atoms with E-state index >= 15 is 0 Å². The predicted octanol–water partition coefficient (Wildman–Crippen LogP) is 1.59. The number of carbonyl (C=O) groups is 3. The summed E-state index contributed by atoms with van der Waals surface area (Å²) in [6.45, 7) is 2.29. The number of aliphatic carboxylic acids is 1. The van der Waals surface area contributed by atoms with Crippen molar-refractivity contribution < 1.29 is 19.5 Å². The Morgan fingerprint density at radius 2 is 1.97 bits per heavy atom. The first-order valence-electron chi connectivity index (χ1n) is 10.1. The van der Waals surface area contributed by atoms with Gasteiger partial charge in [0.15, 0.2) is 0 Å². The standard InChI is InChI=1S/C21H28N4O4S/c1-3-4-10-25-18(26)14-15(19(25)27)21(20(28)29,9-11-30-2)24-16(14)12-5-7-13(8-6-12)17(22)23/h5-8,14-16,24H,3-4,9-11H2,1-2H3,(H3,22,23)(H,28,29). The third-order valence-corrected chi connectivity index (χ3v) is 6.76. The highest BCUT2D eigenvalue weighted by Gasteiger charge is 2.67. The fourth-order valence-corrected chi connectivity index (χ4v) is 5.08. The number of unbranched alkanes of at least 4 members (excludes halogenated alkanes) is 1. The zero-order valence-corrected chi connectivity index (χ0v) is 18.0. The number of hydrogen-bond acceptors (Lipinski definition) is 6. The zero-order valence-electron chi connectivity index (χ0n) is 17.2. The lowest BCUT2D eigenvalue weighted by atomic mass is 9.78. The van der Waals surface area contributed by atoms with Crippen LogP contribution in [0.3, 0.4) is 0 Å². The fraction of sp³-hybridized carbons (Fsp3) is 0.524. The summed E-state index contributed by atoms with van der Waals surface area (Å²) in [6, 6.07) is 6.23. The van der Waals surface area contributed by atoms with Gasteiger partial charge in [0.2, 0.25) is 11.8 Å². The predicted molar refractivity (Wildman–Crippen MR) is 115 cm³/mol. The second kappa shape index (κ2) is 8.77. The summed E-state index contributed by atoms with van der Waals surface area (Å²) in [5, 5.41) is 20.9. The molecule has 2 saturated heterocycles. The molecule has 3 rings (SSSR count). The third kappa shape index (κ3) is 3.60. The van der Waals surface area contributed by atoms with Crippen LogP contribution < -0.4 is 11.1 Å². The Kier molecular flexibility index (Phi) is 6.52. The van der Waals surface area contributed by atoms with Crippen LogP contribution in [-0.2, 0) is 14.4 Å². The van der Waals surface area contributed by atoms with Gasteiger partial charge >= 0.3 is 5.97 Å². The van der Waals surface area contributed by atoms with E-state index < -0.39 is 35.3 Å². The van der Waals surface area contributed by atoms with Crippen molar-refractivity contribution in [3.63, 3.8) is 0 Å². The number of thioether (sulfide) groups is 1. The maximum Gasteiger partial charge on any atom is 0.324 e. The SMILES string of the molecule is CCCCN1C(=O)C2C(c3ccc(C(=N)N)cc3)NC(CCSC)(C(=O)O)C2C1=O. The highest BCUT2D eigenvalue weighted by Crippen LogP contribution is 2.50. The number of hydrogen-bond donors (Lipinski definition) is 4. The third-order valence-electron chi connectivity index (χ3n) is 6.14. The first-order valence-corrected chi connectivity index (χ1v) is 11.5. The molecular weight excluding hydrogens is 404 g/mol. The summed E-state index contributed by atoms with van der Waals surface area (Å²) in [5.74, 6) is -3.03. The molecule has 2 aliphatic heterocycles. The number of amidine groups is 1. The average molecular weight is 433 g/mol. The molecule has 2 aliphatic rings. The molecule has 4 unspecified atom stereocenters. The Labute approximate surface area is 180 Å². The number of nitrogen functional groups attached to an aromatic ring is 1. The van der Waals surface area contributed by atoms with Crippen LogP contribution in [0.5, 0.6) is 0 Å². The van der Waals surface area contributed by atoms with Crippen LogP contribution >= 0.6 is 11.8 Å². The summed E-state index contributed by atoms with van der Waals surface area (Å²) in [7, 11) is 0. The van der Waals surface area contributed by atoms with Crippen molar-refractivity contribution in [1.29, 1.82) is 5.41 Å². The number of likely N-dealkylation sites (tertiary alicyclic amines) is 1. The van der Waals surface area contributed by atoms with E-state index in [2.05, 4.69) is 5.32 Å². The van der Waals surface area contributed by atoms with E-state index in [1.807, 2.05) is 13.2 Å². The number of nitrogens with one attached hydrogen (secondary N) is 2. The van der Waals surface area contributed by atoms with Crippen LogP contribution in [0, 0.1) is 17.2 Å². The number of nitrogens with two attached hydrogens (primary N) is 1. The molecule has 2 amide bonds. The van der Waals surface area contributed by atoms with Crippen molar-refractivity contribution in [1.82, 2.24) is 10.2 Å². The molecule has 1 aromatic carbocycles. The minimum atomic E-state index is -1.49. The van der Waals surface area contributed by atoms with Gasteiger partial charge in [-0.3, -0.25) is 30.0 Å². The van der Waals surface area contributed by atoms with E-state index in [-0.39, 0.29) is 18.2 Å². The molecule has 30 heavy (non-hydrogen) atoms. The molecule has 0 aliphatic carbocycles. The average Bonchev–Trinajstić information content (AvgIpc) is 3.20. The van der Waals surface area contributed by atoms with Crippen molar-refractivity contribution in [3.05, 3.63) is 35.4 Å². The van der Waals surface area contributed by atoms with Crippen LogP contribution in [0.2, 0.25) is 0 Å². The Balaban J connectivity index is 2.06. The topological polar surface area (TPSA) is 137 Å². The van der Waals surface area contributed by atoms with Crippen molar-refractivity contribution in [2.24, 2.45) is 17.6 Å². The van der Waals surface area contributed by atoms with Gasteiger partial charge in [-0.1, -0.05) is 37.6 Å². The Bertz CT molecular complexity index is 859. The van der Waals surface area contributed by atoms with Gasteiger partial charge in [-0.2, -0.15) is 11.8 Å². The molecule has 5 N–H and O–H groups in total. The molecule has 0 saturated carbocycles. The molecule has 9 heteroatoms. The summed E-state index contributed by atoms with van der Waals surface area (Å²) in [5.41, 5.74) is 5.28. The van der Waals surface area contributed by atoms with Gasteiger partial charge in [0.25, 0.3) is 0 Å². The molecule has 1 aromatic rings. The highest BCUT2D eigenvalue weighted by molar-refractivity contribution is 7.98. The first kappa shape index (κ1) is 22.3. The van der Waals surface area contributed by atoms with E-state index in [1.54, 1.807) is 24.3 Å². The molecule has 8 nitrogen and oxygen atoms in total. The molecule has 0 aromatic heterocycles. The van der Waals surface area contributed by atoms with Gasteiger partial charge in [0, 0.05) is 18.2 Å². The van der Waals surface area contributed by atoms with Crippen molar-refractivity contribution >= 4 is 35.4 Å². The molecule has 162 valence electrons. The molecule has 0 spiro atoms. The molecule has 2 fully saturated rings. The van der Waals surface area contributed by atoms with E-state index in [1.165, 1.54) is 16.7 Å². The smallest absolute Gasteiger partial charge is 0.324 e. The monoisotopic (exact) mass is 432 g/mol. The minimum absolute atomic E-state index is 0.0727. The Morgan fingerprint density at radius 3 is 2.50 bits per heavy atom. The number of carboxylic acids is 1. The lowest BCUT2D eigenvalue weighted by molar-refractivity contribution is -0.151.